The van der Waals surface area contributed by atoms with Crippen LogP contribution in [0.3, 0.4) is 0 Å². The summed E-state index contributed by atoms with van der Waals surface area (Å²) in [6.45, 7) is 5.27. The lowest BCUT2D eigenvalue weighted by Crippen LogP contribution is -2.44. The number of phenols is 1. The number of piperazine rings is 1. The first-order chi connectivity index (χ1) is 14.8. The number of carbonyl (C=O) groups is 1. The maximum atomic E-state index is 13.1. The number of carbonyl (C=O) groups excluding carboxylic acids is 1. The first-order valence-electron chi connectivity index (χ1n) is 10.1. The number of methoxy groups -OCH3 is 1. The highest BCUT2D eigenvalue weighted by Gasteiger charge is 2.32. The molecular weight excluding hydrogens is 478 g/mol. The molecule has 0 unspecified atom stereocenters. The number of phenolic OH excluding ortho intramolecular Hbond substituents is 1. The summed E-state index contributed by atoms with van der Waals surface area (Å²) in [5, 5.41) is 12.7. The number of esters is 1. The number of likely N-dealkylation sites (N-methyl/N-ethyl adjacent to an activating group) is 1. The Kier molecular flexibility index (Phi) is 6.23. The zero-order valence-electron chi connectivity index (χ0n) is 18.1. The van der Waals surface area contributed by atoms with Gasteiger partial charge in [-0.25, -0.2) is 4.79 Å². The van der Waals surface area contributed by atoms with Crippen molar-refractivity contribution in [2.24, 2.45) is 7.05 Å². The summed E-state index contributed by atoms with van der Waals surface area (Å²) in [5.74, 6) is -0.234. The van der Waals surface area contributed by atoms with Crippen LogP contribution >= 0.6 is 27.7 Å². The molecule has 0 amide bonds. The number of benzene rings is 2. The van der Waals surface area contributed by atoms with Crippen molar-refractivity contribution in [2.45, 2.75) is 16.8 Å². The van der Waals surface area contributed by atoms with Gasteiger partial charge in [0.2, 0.25) is 0 Å². The molecule has 31 heavy (non-hydrogen) atoms. The molecule has 164 valence electrons. The quantitative estimate of drug-likeness (QED) is 0.523. The molecule has 2 aromatic carbocycles. The molecule has 0 aliphatic carbocycles. The van der Waals surface area contributed by atoms with Gasteiger partial charge in [0.15, 0.2) is 5.75 Å². The first-order valence-corrected chi connectivity index (χ1v) is 11.7. The van der Waals surface area contributed by atoms with Crippen LogP contribution < -0.4 is 4.90 Å². The van der Waals surface area contributed by atoms with Crippen molar-refractivity contribution < 1.29 is 14.6 Å². The average Bonchev–Trinajstić information content (AvgIpc) is 3.05. The van der Waals surface area contributed by atoms with Gasteiger partial charge in [-0.05, 0) is 47.6 Å². The molecule has 1 aliphatic rings. The van der Waals surface area contributed by atoms with Crippen molar-refractivity contribution in [1.82, 2.24) is 9.47 Å². The number of ether oxygens (including phenoxy) is 1. The summed E-state index contributed by atoms with van der Waals surface area (Å²) in [6, 6.07) is 9.96. The fourth-order valence-corrected chi connectivity index (χ4v) is 5.59. The van der Waals surface area contributed by atoms with Crippen LogP contribution in [0.5, 0.6) is 5.75 Å². The second-order valence-corrected chi connectivity index (χ2v) is 9.65. The van der Waals surface area contributed by atoms with E-state index in [2.05, 4.69) is 32.8 Å². The third-order valence-corrected chi connectivity index (χ3v) is 8.01. The molecule has 1 aliphatic heterocycles. The van der Waals surface area contributed by atoms with Crippen LogP contribution in [0.2, 0.25) is 0 Å². The number of hydrogen-bond acceptors (Lipinski definition) is 6. The van der Waals surface area contributed by atoms with Gasteiger partial charge in [-0.3, -0.25) is 0 Å². The van der Waals surface area contributed by atoms with Gasteiger partial charge in [0, 0.05) is 43.5 Å². The zero-order chi connectivity index (χ0) is 22.3. The summed E-state index contributed by atoms with van der Waals surface area (Å²) in [6.07, 6.45) is 0. The van der Waals surface area contributed by atoms with Gasteiger partial charge >= 0.3 is 5.97 Å². The first kappa shape index (κ1) is 22.0. The number of hydrogen-bond donors (Lipinski definition) is 1. The molecule has 0 atom stereocenters. The third-order valence-electron chi connectivity index (χ3n) is 5.86. The highest BCUT2D eigenvalue weighted by atomic mass is 79.9. The average molecular weight is 504 g/mol. The Morgan fingerprint density at radius 1 is 1.13 bits per heavy atom. The monoisotopic (exact) mass is 503 g/mol. The third kappa shape index (κ3) is 3.81. The summed E-state index contributed by atoms with van der Waals surface area (Å²) in [5.41, 5.74) is 2.99. The maximum Gasteiger partial charge on any atom is 0.341 e. The molecule has 0 spiro atoms. The number of aryl methyl sites for hydroxylation is 2. The van der Waals surface area contributed by atoms with Gasteiger partial charge < -0.3 is 24.2 Å². The van der Waals surface area contributed by atoms with Crippen LogP contribution in [0.15, 0.2) is 44.7 Å². The van der Waals surface area contributed by atoms with E-state index in [1.807, 2.05) is 48.9 Å². The molecule has 0 radical (unpaired) electrons. The number of aromatic nitrogens is 1. The van der Waals surface area contributed by atoms with Crippen molar-refractivity contribution in [1.29, 1.82) is 0 Å². The van der Waals surface area contributed by atoms with Crippen molar-refractivity contribution >= 4 is 50.3 Å². The molecule has 1 N–H and O–H groups in total. The predicted octanol–water partition coefficient (Wildman–Crippen LogP) is 4.64. The second kappa shape index (κ2) is 8.76. The topological polar surface area (TPSA) is 57.9 Å². The fraction of sp³-hybridized carbons (Fsp3) is 0.348. The molecule has 0 bridgehead atoms. The molecular formula is C23H26BrN3O3S. The minimum absolute atomic E-state index is 0.168. The molecule has 6 nitrogen and oxygen atoms in total. The van der Waals surface area contributed by atoms with E-state index >= 15 is 0 Å². The number of halogens is 1. The number of nitrogens with zero attached hydrogens (tertiary/aromatic N) is 3. The smallest absolute Gasteiger partial charge is 0.341 e. The van der Waals surface area contributed by atoms with Gasteiger partial charge in [-0.2, -0.15) is 0 Å². The molecule has 1 aromatic heterocycles. The largest absolute Gasteiger partial charge is 0.505 e. The van der Waals surface area contributed by atoms with Crippen LogP contribution in [-0.2, 0) is 11.8 Å². The lowest BCUT2D eigenvalue weighted by Gasteiger charge is -2.35. The summed E-state index contributed by atoms with van der Waals surface area (Å²) in [7, 11) is 5.46. The molecule has 1 fully saturated rings. The normalized spacial score (nSPS) is 14.9. The van der Waals surface area contributed by atoms with E-state index in [-0.39, 0.29) is 5.75 Å². The summed E-state index contributed by atoms with van der Waals surface area (Å²) < 4.78 is 7.91. The van der Waals surface area contributed by atoms with Crippen molar-refractivity contribution in [3.05, 3.63) is 45.9 Å². The molecule has 0 saturated carbocycles. The highest BCUT2D eigenvalue weighted by Crippen LogP contribution is 2.49. The summed E-state index contributed by atoms with van der Waals surface area (Å²) >= 11 is 5.12. The van der Waals surface area contributed by atoms with Crippen molar-refractivity contribution in [3.8, 4) is 5.75 Å². The molecule has 3 aromatic rings. The standard InChI is InChI=1S/C23H26BrN3O3S/c1-14-18(24)21(28)20(27-12-10-25(2)11-13-27)16-17(23(29)30-4)22(26(3)19(14)16)31-15-8-6-5-7-9-15/h5-9,28H,10-13H2,1-4H3. The Balaban J connectivity index is 2.03. The summed E-state index contributed by atoms with van der Waals surface area (Å²) in [4.78, 5) is 18.5. The van der Waals surface area contributed by atoms with E-state index in [0.29, 0.717) is 15.7 Å². The Hall–Kier alpha value is -2.16. The highest BCUT2D eigenvalue weighted by molar-refractivity contribution is 9.10. The Bertz CT molecular complexity index is 1140. The number of fused-ring (bicyclic) bond motifs is 1. The van der Waals surface area contributed by atoms with Gasteiger partial charge in [0.1, 0.15) is 5.56 Å². The SMILES string of the molecule is COC(=O)c1c(Sc2ccccc2)n(C)c2c(C)c(Br)c(O)c(N3CCN(C)CC3)c12. The predicted molar refractivity (Wildman–Crippen MR) is 129 cm³/mol. The maximum absolute atomic E-state index is 13.1. The van der Waals surface area contributed by atoms with Crippen molar-refractivity contribution in [2.75, 3.05) is 45.2 Å². The van der Waals surface area contributed by atoms with Crippen molar-refractivity contribution in [3.63, 3.8) is 0 Å². The lowest BCUT2D eigenvalue weighted by molar-refractivity contribution is 0.0598. The lowest BCUT2D eigenvalue weighted by atomic mass is 10.0. The van der Waals surface area contributed by atoms with Crippen LogP contribution in [0.4, 0.5) is 5.69 Å². The van der Waals surface area contributed by atoms with E-state index in [1.54, 1.807) is 0 Å². The molecule has 2 heterocycles. The molecule has 1 saturated heterocycles. The molecule has 8 heteroatoms. The number of anilines is 1. The Morgan fingerprint density at radius 2 is 1.77 bits per heavy atom. The van der Waals surface area contributed by atoms with E-state index in [9.17, 15) is 9.90 Å². The Labute approximate surface area is 194 Å². The minimum atomic E-state index is -0.402. The van der Waals surface area contributed by atoms with Gasteiger partial charge in [-0.1, -0.05) is 30.0 Å². The van der Waals surface area contributed by atoms with Gasteiger partial charge in [0.05, 0.1) is 27.8 Å². The van der Waals surface area contributed by atoms with Gasteiger partial charge in [0.25, 0.3) is 0 Å². The van der Waals surface area contributed by atoms with Crippen LogP contribution in [0, 0.1) is 6.92 Å². The zero-order valence-corrected chi connectivity index (χ0v) is 20.5. The fourth-order valence-electron chi connectivity index (χ4n) is 4.18. The van der Waals surface area contributed by atoms with Crippen LogP contribution in [0.25, 0.3) is 10.9 Å². The number of rotatable bonds is 4. The van der Waals surface area contributed by atoms with E-state index in [1.165, 1.54) is 18.9 Å². The molecule has 4 rings (SSSR count). The van der Waals surface area contributed by atoms with Crippen LogP contribution in [-0.4, -0.2) is 60.9 Å². The Morgan fingerprint density at radius 3 is 2.39 bits per heavy atom. The second-order valence-electron chi connectivity index (χ2n) is 7.80. The van der Waals surface area contributed by atoms with E-state index in [0.717, 1.165) is 52.6 Å². The van der Waals surface area contributed by atoms with E-state index in [4.69, 9.17) is 4.74 Å². The van der Waals surface area contributed by atoms with Gasteiger partial charge in [-0.15, -0.1) is 0 Å². The van der Waals surface area contributed by atoms with E-state index < -0.39 is 5.97 Å². The van der Waals surface area contributed by atoms with Crippen LogP contribution in [0.1, 0.15) is 15.9 Å². The number of aromatic hydroxyl groups is 1. The minimum Gasteiger partial charge on any atom is -0.505 e.